The number of nitrogens with one attached hydrogen (secondary N) is 1. The maximum Gasteiger partial charge on any atom is 0.00104 e. The van der Waals surface area contributed by atoms with Crippen molar-refractivity contribution in [3.63, 3.8) is 0 Å². The first-order valence-corrected chi connectivity index (χ1v) is 7.44. The van der Waals surface area contributed by atoms with Crippen molar-refractivity contribution in [1.29, 1.82) is 0 Å². The molecular formula is C15H32N2. The van der Waals surface area contributed by atoms with Crippen molar-refractivity contribution in [1.82, 2.24) is 10.2 Å². The third kappa shape index (κ3) is 5.87. The van der Waals surface area contributed by atoms with Crippen LogP contribution in [0.1, 0.15) is 47.5 Å². The molecule has 1 saturated heterocycles. The molecule has 1 heterocycles. The van der Waals surface area contributed by atoms with E-state index < -0.39 is 0 Å². The van der Waals surface area contributed by atoms with Crippen LogP contribution in [0.2, 0.25) is 0 Å². The minimum absolute atomic E-state index is 0.624. The van der Waals surface area contributed by atoms with Gasteiger partial charge in [0.15, 0.2) is 0 Å². The predicted octanol–water partition coefficient (Wildman–Crippen LogP) is 2.99. The Kier molecular flexibility index (Phi) is 6.50. The standard InChI is InChI=1S/C15H32N2/c1-12(2)11-17-8-6-15(7-9-17)14(5)10-16-13(3)4/h12-16H,6-11H2,1-5H3/t14-/m0/s1. The van der Waals surface area contributed by atoms with E-state index in [0.717, 1.165) is 17.8 Å². The van der Waals surface area contributed by atoms with Crippen LogP contribution in [0.15, 0.2) is 0 Å². The van der Waals surface area contributed by atoms with Gasteiger partial charge in [-0.15, -0.1) is 0 Å². The molecule has 1 rings (SSSR count). The topological polar surface area (TPSA) is 15.3 Å². The Morgan fingerprint density at radius 1 is 1.06 bits per heavy atom. The molecule has 1 aliphatic rings. The van der Waals surface area contributed by atoms with Gasteiger partial charge in [0.1, 0.15) is 0 Å². The molecule has 1 aliphatic heterocycles. The summed E-state index contributed by atoms with van der Waals surface area (Å²) >= 11 is 0. The van der Waals surface area contributed by atoms with Gasteiger partial charge in [0.05, 0.1) is 0 Å². The molecule has 0 unspecified atom stereocenters. The summed E-state index contributed by atoms with van der Waals surface area (Å²) in [6, 6.07) is 0.624. The quantitative estimate of drug-likeness (QED) is 0.768. The molecule has 0 aliphatic carbocycles. The van der Waals surface area contributed by atoms with Crippen molar-refractivity contribution in [3.8, 4) is 0 Å². The maximum absolute atomic E-state index is 3.57. The van der Waals surface area contributed by atoms with Gasteiger partial charge in [-0.2, -0.15) is 0 Å². The van der Waals surface area contributed by atoms with Gasteiger partial charge in [0, 0.05) is 12.6 Å². The summed E-state index contributed by atoms with van der Waals surface area (Å²) in [7, 11) is 0. The normalized spacial score (nSPS) is 21.4. The van der Waals surface area contributed by atoms with Crippen LogP contribution in [0.4, 0.5) is 0 Å². The largest absolute Gasteiger partial charge is 0.314 e. The first-order valence-electron chi connectivity index (χ1n) is 7.44. The van der Waals surface area contributed by atoms with Gasteiger partial charge < -0.3 is 10.2 Å². The van der Waals surface area contributed by atoms with E-state index in [1.54, 1.807) is 0 Å². The van der Waals surface area contributed by atoms with E-state index in [1.807, 2.05) is 0 Å². The third-order valence-electron chi connectivity index (χ3n) is 3.91. The molecule has 0 aromatic heterocycles. The first-order chi connectivity index (χ1) is 7.99. The minimum Gasteiger partial charge on any atom is -0.314 e. The van der Waals surface area contributed by atoms with E-state index >= 15 is 0 Å². The Morgan fingerprint density at radius 3 is 2.12 bits per heavy atom. The highest BCUT2D eigenvalue weighted by Gasteiger charge is 2.23. The molecule has 1 fully saturated rings. The van der Waals surface area contributed by atoms with E-state index in [-0.39, 0.29) is 0 Å². The molecule has 0 aromatic carbocycles. The fourth-order valence-electron chi connectivity index (χ4n) is 2.81. The van der Waals surface area contributed by atoms with Gasteiger partial charge in [0.2, 0.25) is 0 Å². The van der Waals surface area contributed by atoms with E-state index in [0.29, 0.717) is 6.04 Å². The highest BCUT2D eigenvalue weighted by Crippen LogP contribution is 2.24. The van der Waals surface area contributed by atoms with E-state index in [9.17, 15) is 0 Å². The second-order valence-electron chi connectivity index (χ2n) is 6.57. The maximum atomic E-state index is 3.57. The lowest BCUT2D eigenvalue weighted by Gasteiger charge is -2.36. The van der Waals surface area contributed by atoms with Gasteiger partial charge in [-0.3, -0.25) is 0 Å². The van der Waals surface area contributed by atoms with E-state index in [2.05, 4.69) is 44.8 Å². The predicted molar refractivity (Wildman–Crippen MR) is 76.3 cm³/mol. The molecule has 2 heteroatoms. The van der Waals surface area contributed by atoms with Crippen molar-refractivity contribution < 1.29 is 0 Å². The van der Waals surface area contributed by atoms with Crippen molar-refractivity contribution in [2.24, 2.45) is 17.8 Å². The van der Waals surface area contributed by atoms with Crippen LogP contribution >= 0.6 is 0 Å². The Hall–Kier alpha value is -0.0800. The van der Waals surface area contributed by atoms with Crippen molar-refractivity contribution in [2.45, 2.75) is 53.5 Å². The monoisotopic (exact) mass is 240 g/mol. The van der Waals surface area contributed by atoms with E-state index in [1.165, 1.54) is 39.0 Å². The summed E-state index contributed by atoms with van der Waals surface area (Å²) < 4.78 is 0. The zero-order valence-electron chi connectivity index (χ0n) is 12.5. The zero-order valence-corrected chi connectivity index (χ0v) is 12.5. The smallest absolute Gasteiger partial charge is 0.00104 e. The number of piperidine rings is 1. The van der Waals surface area contributed by atoms with Crippen molar-refractivity contribution in [2.75, 3.05) is 26.2 Å². The van der Waals surface area contributed by atoms with Crippen LogP contribution < -0.4 is 5.32 Å². The van der Waals surface area contributed by atoms with Gasteiger partial charge >= 0.3 is 0 Å². The van der Waals surface area contributed by atoms with Gasteiger partial charge in [-0.25, -0.2) is 0 Å². The number of hydrogen-bond acceptors (Lipinski definition) is 2. The molecular weight excluding hydrogens is 208 g/mol. The fourth-order valence-corrected chi connectivity index (χ4v) is 2.81. The molecule has 0 amide bonds. The van der Waals surface area contributed by atoms with Crippen molar-refractivity contribution >= 4 is 0 Å². The Bertz CT molecular complexity index is 193. The minimum atomic E-state index is 0.624. The zero-order chi connectivity index (χ0) is 12.8. The summed E-state index contributed by atoms with van der Waals surface area (Å²) in [5, 5.41) is 3.57. The summed E-state index contributed by atoms with van der Waals surface area (Å²) in [4.78, 5) is 2.64. The molecule has 2 nitrogen and oxygen atoms in total. The summed E-state index contributed by atoms with van der Waals surface area (Å²) in [6.07, 6.45) is 2.79. The van der Waals surface area contributed by atoms with Gasteiger partial charge in [-0.05, 0) is 50.2 Å². The lowest BCUT2D eigenvalue weighted by atomic mass is 9.85. The van der Waals surface area contributed by atoms with Crippen molar-refractivity contribution in [3.05, 3.63) is 0 Å². The Labute approximate surface area is 108 Å². The summed E-state index contributed by atoms with van der Waals surface area (Å²) in [5.74, 6) is 2.58. The van der Waals surface area contributed by atoms with Gasteiger partial charge in [-0.1, -0.05) is 34.6 Å². The third-order valence-corrected chi connectivity index (χ3v) is 3.91. The molecule has 0 spiro atoms. The second-order valence-corrected chi connectivity index (χ2v) is 6.57. The van der Waals surface area contributed by atoms with E-state index in [4.69, 9.17) is 0 Å². The average molecular weight is 240 g/mol. The number of hydrogen-bond donors (Lipinski definition) is 1. The Morgan fingerprint density at radius 2 is 1.65 bits per heavy atom. The first kappa shape index (κ1) is 15.0. The van der Waals surface area contributed by atoms with Crippen LogP contribution in [-0.2, 0) is 0 Å². The highest BCUT2D eigenvalue weighted by molar-refractivity contribution is 4.77. The highest BCUT2D eigenvalue weighted by atomic mass is 15.1. The number of nitrogens with zero attached hydrogens (tertiary/aromatic N) is 1. The molecule has 0 saturated carbocycles. The molecule has 1 N–H and O–H groups in total. The molecule has 102 valence electrons. The van der Waals surface area contributed by atoms with Crippen LogP contribution in [0.3, 0.4) is 0 Å². The average Bonchev–Trinajstić information content (AvgIpc) is 2.26. The van der Waals surface area contributed by atoms with Crippen LogP contribution in [-0.4, -0.2) is 37.1 Å². The molecule has 1 atom stereocenters. The Balaban J connectivity index is 2.21. The fraction of sp³-hybridized carbons (Fsp3) is 1.00. The summed E-state index contributed by atoms with van der Waals surface area (Å²) in [6.45, 7) is 16.6. The van der Waals surface area contributed by atoms with Crippen LogP contribution in [0.25, 0.3) is 0 Å². The lowest BCUT2D eigenvalue weighted by molar-refractivity contribution is 0.139. The second kappa shape index (κ2) is 7.38. The van der Waals surface area contributed by atoms with Crippen LogP contribution in [0, 0.1) is 17.8 Å². The summed E-state index contributed by atoms with van der Waals surface area (Å²) in [5.41, 5.74) is 0. The number of likely N-dealkylation sites (tertiary alicyclic amines) is 1. The van der Waals surface area contributed by atoms with Gasteiger partial charge in [0.25, 0.3) is 0 Å². The molecule has 0 bridgehead atoms. The van der Waals surface area contributed by atoms with Crippen LogP contribution in [0.5, 0.6) is 0 Å². The molecule has 17 heavy (non-hydrogen) atoms. The lowest BCUT2D eigenvalue weighted by Crippen LogP contribution is -2.40. The SMILES string of the molecule is CC(C)CN1CCC([C@@H](C)CNC(C)C)CC1. The molecule has 0 aromatic rings. The molecule has 0 radical (unpaired) electrons. The number of rotatable bonds is 6.